The molecule has 0 atom stereocenters. The third-order valence-electron chi connectivity index (χ3n) is 5.01. The number of amides is 1. The summed E-state index contributed by atoms with van der Waals surface area (Å²) in [5.74, 6) is 0.655. The monoisotopic (exact) mass is 408 g/mol. The van der Waals surface area contributed by atoms with Crippen LogP contribution in [0.3, 0.4) is 0 Å². The van der Waals surface area contributed by atoms with Crippen LogP contribution in [0.4, 0.5) is 10.8 Å². The summed E-state index contributed by atoms with van der Waals surface area (Å²) in [4.78, 5) is 21.7. The smallest absolute Gasteiger partial charge is 0.271 e. The number of methoxy groups -OCH3 is 1. The van der Waals surface area contributed by atoms with E-state index in [9.17, 15) is 4.79 Å². The molecule has 1 N–H and O–H groups in total. The number of hydrogen-bond donors (Lipinski definition) is 1. The number of nitrogens with one attached hydrogen (secondary N) is 1. The molecule has 29 heavy (non-hydrogen) atoms. The van der Waals surface area contributed by atoms with Crippen LogP contribution in [-0.2, 0) is 6.54 Å². The number of piperazine rings is 1. The molecule has 2 aromatic carbocycles. The maximum atomic E-state index is 12.5. The van der Waals surface area contributed by atoms with Crippen LogP contribution >= 0.6 is 11.3 Å². The minimum atomic E-state index is -0.147. The maximum Gasteiger partial charge on any atom is 0.271 e. The average molecular weight is 409 g/mol. The Labute approximate surface area is 174 Å². The van der Waals surface area contributed by atoms with Crippen molar-refractivity contribution in [2.45, 2.75) is 6.54 Å². The summed E-state index contributed by atoms with van der Waals surface area (Å²) in [7, 11) is 1.64. The molecule has 1 aromatic heterocycles. The molecule has 1 aliphatic rings. The molecule has 0 bridgehead atoms. The van der Waals surface area contributed by atoms with Crippen molar-refractivity contribution >= 4 is 28.1 Å². The molecule has 0 spiro atoms. The van der Waals surface area contributed by atoms with Gasteiger partial charge < -0.3 is 19.9 Å². The van der Waals surface area contributed by atoms with E-state index in [2.05, 4.69) is 44.4 Å². The first-order valence-electron chi connectivity index (χ1n) is 9.64. The SMILES string of the molecule is COc1ccc(CNC(=O)c2csc(N3CCN(c4ccccc4)CC3)n2)cc1. The predicted molar refractivity (Wildman–Crippen MR) is 117 cm³/mol. The minimum Gasteiger partial charge on any atom is -0.497 e. The standard InChI is InChI=1S/C22H24N4O2S/c1-28-19-9-7-17(8-10-19)15-23-21(27)20-16-29-22(24-20)26-13-11-25(12-14-26)18-5-3-2-4-6-18/h2-10,16H,11-15H2,1H3,(H,23,27). The van der Waals surface area contributed by atoms with Gasteiger partial charge in [-0.3, -0.25) is 4.79 Å². The Morgan fingerprint density at radius 1 is 1.03 bits per heavy atom. The summed E-state index contributed by atoms with van der Waals surface area (Å²) in [5.41, 5.74) is 2.75. The number of thiazole rings is 1. The number of rotatable bonds is 6. The van der Waals surface area contributed by atoms with Crippen LogP contribution in [0.25, 0.3) is 0 Å². The maximum absolute atomic E-state index is 12.5. The van der Waals surface area contributed by atoms with Gasteiger partial charge in [-0.1, -0.05) is 30.3 Å². The molecule has 1 amide bonds. The lowest BCUT2D eigenvalue weighted by molar-refractivity contribution is 0.0946. The zero-order valence-corrected chi connectivity index (χ0v) is 17.2. The van der Waals surface area contributed by atoms with Crippen LogP contribution in [0.2, 0.25) is 0 Å². The lowest BCUT2D eigenvalue weighted by Crippen LogP contribution is -2.46. The average Bonchev–Trinajstić information content (AvgIpc) is 3.29. The van der Waals surface area contributed by atoms with E-state index < -0.39 is 0 Å². The summed E-state index contributed by atoms with van der Waals surface area (Å²) in [5, 5.41) is 5.68. The van der Waals surface area contributed by atoms with Crippen LogP contribution in [-0.4, -0.2) is 44.2 Å². The van der Waals surface area contributed by atoms with Gasteiger partial charge in [-0.25, -0.2) is 4.98 Å². The molecular formula is C22H24N4O2S. The number of nitrogens with zero attached hydrogens (tertiary/aromatic N) is 3. The van der Waals surface area contributed by atoms with Gasteiger partial charge in [0, 0.05) is 43.8 Å². The molecule has 1 saturated heterocycles. The van der Waals surface area contributed by atoms with Crippen molar-refractivity contribution in [1.82, 2.24) is 10.3 Å². The number of aromatic nitrogens is 1. The summed E-state index contributed by atoms with van der Waals surface area (Å²) < 4.78 is 5.15. The predicted octanol–water partition coefficient (Wildman–Crippen LogP) is 3.41. The first-order chi connectivity index (χ1) is 14.2. The number of anilines is 2. The second-order valence-corrected chi connectivity index (χ2v) is 7.69. The van der Waals surface area contributed by atoms with E-state index in [1.165, 1.54) is 17.0 Å². The molecule has 3 aromatic rings. The van der Waals surface area contributed by atoms with Crippen LogP contribution in [0, 0.1) is 0 Å². The van der Waals surface area contributed by atoms with Crippen LogP contribution in [0.5, 0.6) is 5.75 Å². The lowest BCUT2D eigenvalue weighted by Gasteiger charge is -2.35. The van der Waals surface area contributed by atoms with Crippen molar-refractivity contribution in [2.24, 2.45) is 0 Å². The fraction of sp³-hybridized carbons (Fsp3) is 0.273. The van der Waals surface area contributed by atoms with Gasteiger partial charge in [-0.05, 0) is 29.8 Å². The molecule has 4 rings (SSSR count). The Morgan fingerprint density at radius 2 is 1.72 bits per heavy atom. The van der Waals surface area contributed by atoms with Gasteiger partial charge in [0.15, 0.2) is 5.13 Å². The molecule has 1 aliphatic heterocycles. The molecule has 0 unspecified atom stereocenters. The Kier molecular flexibility index (Phi) is 5.95. The van der Waals surface area contributed by atoms with Gasteiger partial charge in [0.2, 0.25) is 0 Å². The van der Waals surface area contributed by atoms with E-state index in [-0.39, 0.29) is 5.91 Å². The molecule has 0 radical (unpaired) electrons. The molecule has 6 nitrogen and oxygen atoms in total. The third-order valence-corrected chi connectivity index (χ3v) is 5.91. The first-order valence-corrected chi connectivity index (χ1v) is 10.5. The largest absolute Gasteiger partial charge is 0.497 e. The molecule has 7 heteroatoms. The van der Waals surface area contributed by atoms with Crippen LogP contribution < -0.4 is 19.9 Å². The zero-order chi connectivity index (χ0) is 20.1. The van der Waals surface area contributed by atoms with Gasteiger partial charge in [0.25, 0.3) is 5.91 Å². The molecule has 0 aliphatic carbocycles. The Bertz CT molecular complexity index is 935. The van der Waals surface area contributed by atoms with E-state index in [1.54, 1.807) is 7.11 Å². The van der Waals surface area contributed by atoms with Crippen molar-refractivity contribution in [3.8, 4) is 5.75 Å². The number of carbonyl (C=O) groups excluding carboxylic acids is 1. The van der Waals surface area contributed by atoms with Gasteiger partial charge in [-0.15, -0.1) is 11.3 Å². The minimum absolute atomic E-state index is 0.147. The van der Waals surface area contributed by atoms with Gasteiger partial charge >= 0.3 is 0 Å². The van der Waals surface area contributed by atoms with Crippen LogP contribution in [0.1, 0.15) is 16.1 Å². The normalized spacial score (nSPS) is 14.0. The van der Waals surface area contributed by atoms with Gasteiger partial charge in [0.1, 0.15) is 11.4 Å². The fourth-order valence-corrected chi connectivity index (χ4v) is 4.18. The van der Waals surface area contributed by atoms with E-state index in [0.717, 1.165) is 42.6 Å². The van der Waals surface area contributed by atoms with Crippen LogP contribution in [0.15, 0.2) is 60.0 Å². The Balaban J connectivity index is 1.30. The van der Waals surface area contributed by atoms with E-state index in [4.69, 9.17) is 4.74 Å². The molecule has 2 heterocycles. The number of carbonyl (C=O) groups is 1. The molecule has 150 valence electrons. The van der Waals surface area contributed by atoms with E-state index >= 15 is 0 Å². The second kappa shape index (κ2) is 8.96. The quantitative estimate of drug-likeness (QED) is 0.677. The van der Waals surface area contributed by atoms with E-state index in [0.29, 0.717) is 12.2 Å². The number of benzene rings is 2. The summed E-state index contributed by atoms with van der Waals surface area (Å²) in [6, 6.07) is 18.1. The highest BCUT2D eigenvalue weighted by molar-refractivity contribution is 7.13. The number of para-hydroxylation sites is 1. The van der Waals surface area contributed by atoms with Crippen molar-refractivity contribution in [3.63, 3.8) is 0 Å². The molecule has 1 fully saturated rings. The summed E-state index contributed by atoms with van der Waals surface area (Å²) >= 11 is 1.53. The van der Waals surface area contributed by atoms with Crippen molar-refractivity contribution in [1.29, 1.82) is 0 Å². The van der Waals surface area contributed by atoms with E-state index in [1.807, 2.05) is 35.7 Å². The Morgan fingerprint density at radius 3 is 2.41 bits per heavy atom. The molecular weight excluding hydrogens is 384 g/mol. The topological polar surface area (TPSA) is 57.7 Å². The van der Waals surface area contributed by atoms with Crippen molar-refractivity contribution < 1.29 is 9.53 Å². The van der Waals surface area contributed by atoms with Gasteiger partial charge in [0.05, 0.1) is 7.11 Å². The zero-order valence-electron chi connectivity index (χ0n) is 16.4. The highest BCUT2D eigenvalue weighted by atomic mass is 32.1. The second-order valence-electron chi connectivity index (χ2n) is 6.86. The highest BCUT2D eigenvalue weighted by Crippen LogP contribution is 2.24. The van der Waals surface area contributed by atoms with Crippen molar-refractivity contribution in [3.05, 3.63) is 71.2 Å². The highest BCUT2D eigenvalue weighted by Gasteiger charge is 2.21. The Hall–Kier alpha value is -3.06. The van der Waals surface area contributed by atoms with Crippen molar-refractivity contribution in [2.75, 3.05) is 43.1 Å². The fourth-order valence-electron chi connectivity index (χ4n) is 3.32. The lowest BCUT2D eigenvalue weighted by atomic mass is 10.2. The third kappa shape index (κ3) is 4.68. The summed E-state index contributed by atoms with van der Waals surface area (Å²) in [6.07, 6.45) is 0. The number of ether oxygens (including phenoxy) is 1. The number of hydrogen-bond acceptors (Lipinski definition) is 6. The first kappa shape index (κ1) is 19.3. The van der Waals surface area contributed by atoms with Gasteiger partial charge in [-0.2, -0.15) is 0 Å². The molecule has 0 saturated carbocycles. The summed E-state index contributed by atoms with van der Waals surface area (Å²) in [6.45, 7) is 4.15.